The van der Waals surface area contributed by atoms with E-state index in [1.807, 2.05) is 41.3 Å². The highest BCUT2D eigenvalue weighted by molar-refractivity contribution is 5.92. The quantitative estimate of drug-likeness (QED) is 0.678. The maximum atomic E-state index is 12.4. The number of benzene rings is 1. The second kappa shape index (κ2) is 9.43. The van der Waals surface area contributed by atoms with E-state index in [1.165, 1.54) is 0 Å². The number of likely N-dealkylation sites (N-methyl/N-ethyl adjacent to an activating group) is 1. The fourth-order valence-corrected chi connectivity index (χ4v) is 3.38. The van der Waals surface area contributed by atoms with Crippen LogP contribution in [0.4, 0.5) is 23.0 Å². The number of hydrogen-bond acceptors (Lipinski definition) is 7. The van der Waals surface area contributed by atoms with Crippen molar-refractivity contribution in [1.29, 1.82) is 0 Å². The van der Waals surface area contributed by atoms with Crippen LogP contribution >= 0.6 is 0 Å². The lowest BCUT2D eigenvalue weighted by molar-refractivity contribution is -0.117. The predicted octanol–water partition coefficient (Wildman–Crippen LogP) is 2.53. The number of pyridine rings is 1. The standard InChI is InChI=1S/C22H25N7O/c1-27-13-15-28(16-14-27)17-21(30)26-18-3-5-19(6-4-18)29(20-7-11-23-12-8-20)22-24-9-2-10-25-22/h2-12H,13-17H2,1H3,(H,26,30). The zero-order chi connectivity index (χ0) is 20.8. The summed E-state index contributed by atoms with van der Waals surface area (Å²) in [7, 11) is 2.11. The van der Waals surface area contributed by atoms with Crippen LogP contribution < -0.4 is 10.2 Å². The molecule has 0 aliphatic carbocycles. The van der Waals surface area contributed by atoms with E-state index in [-0.39, 0.29) is 5.91 Å². The molecule has 2 aromatic heterocycles. The highest BCUT2D eigenvalue weighted by atomic mass is 16.2. The summed E-state index contributed by atoms with van der Waals surface area (Å²) in [6, 6.07) is 13.3. The Kier molecular flexibility index (Phi) is 6.26. The van der Waals surface area contributed by atoms with Crippen molar-refractivity contribution in [3.05, 3.63) is 67.3 Å². The average molecular weight is 403 g/mol. The number of hydrogen-bond donors (Lipinski definition) is 1. The van der Waals surface area contributed by atoms with Gasteiger partial charge in [0, 0.05) is 62.3 Å². The monoisotopic (exact) mass is 403 g/mol. The Morgan fingerprint density at radius 3 is 2.23 bits per heavy atom. The molecular weight excluding hydrogens is 378 g/mol. The second-order valence-corrected chi connectivity index (χ2v) is 7.26. The molecule has 1 aliphatic rings. The molecule has 8 heteroatoms. The van der Waals surface area contributed by atoms with Crippen LogP contribution in [0.15, 0.2) is 67.3 Å². The number of piperazine rings is 1. The van der Waals surface area contributed by atoms with Crippen molar-refractivity contribution in [2.45, 2.75) is 0 Å². The molecule has 3 aromatic rings. The van der Waals surface area contributed by atoms with Crippen molar-refractivity contribution in [3.63, 3.8) is 0 Å². The predicted molar refractivity (Wildman–Crippen MR) is 117 cm³/mol. The van der Waals surface area contributed by atoms with Crippen molar-refractivity contribution >= 4 is 28.9 Å². The van der Waals surface area contributed by atoms with E-state index in [9.17, 15) is 4.79 Å². The summed E-state index contributed by atoms with van der Waals surface area (Å²) in [5.41, 5.74) is 2.56. The molecule has 0 saturated carbocycles. The Morgan fingerprint density at radius 2 is 1.57 bits per heavy atom. The maximum Gasteiger partial charge on any atom is 0.238 e. The van der Waals surface area contributed by atoms with Gasteiger partial charge < -0.3 is 10.2 Å². The topological polar surface area (TPSA) is 77.5 Å². The van der Waals surface area contributed by atoms with E-state index in [0.29, 0.717) is 12.5 Å². The van der Waals surface area contributed by atoms with Crippen molar-refractivity contribution in [3.8, 4) is 0 Å². The molecule has 3 heterocycles. The minimum absolute atomic E-state index is 0.00434. The fraction of sp³-hybridized carbons (Fsp3) is 0.273. The van der Waals surface area contributed by atoms with Crippen LogP contribution in [0.3, 0.4) is 0 Å². The van der Waals surface area contributed by atoms with Gasteiger partial charge in [0.2, 0.25) is 11.9 Å². The molecular formula is C22H25N7O. The summed E-state index contributed by atoms with van der Waals surface area (Å²) < 4.78 is 0. The molecule has 0 radical (unpaired) electrons. The van der Waals surface area contributed by atoms with Gasteiger partial charge in [-0.05, 0) is 49.5 Å². The second-order valence-electron chi connectivity index (χ2n) is 7.26. The molecule has 1 fully saturated rings. The molecule has 4 rings (SSSR count). The first-order chi connectivity index (χ1) is 14.7. The number of nitrogens with zero attached hydrogens (tertiary/aromatic N) is 6. The summed E-state index contributed by atoms with van der Waals surface area (Å²) in [5, 5.41) is 2.99. The average Bonchev–Trinajstić information content (AvgIpc) is 2.78. The lowest BCUT2D eigenvalue weighted by atomic mass is 10.2. The van der Waals surface area contributed by atoms with Gasteiger partial charge in [0.15, 0.2) is 0 Å². The summed E-state index contributed by atoms with van der Waals surface area (Å²) in [4.78, 5) is 31.7. The Balaban J connectivity index is 1.46. The molecule has 1 N–H and O–H groups in total. The first-order valence-electron chi connectivity index (χ1n) is 9.97. The third kappa shape index (κ3) is 4.97. The molecule has 0 bridgehead atoms. The van der Waals surface area contributed by atoms with Gasteiger partial charge in [0.05, 0.1) is 12.2 Å². The summed E-state index contributed by atoms with van der Waals surface area (Å²) >= 11 is 0. The van der Waals surface area contributed by atoms with Crippen LogP contribution in [0.1, 0.15) is 0 Å². The third-order valence-electron chi connectivity index (χ3n) is 5.05. The molecule has 154 valence electrons. The van der Waals surface area contributed by atoms with Gasteiger partial charge in [-0.2, -0.15) is 0 Å². The zero-order valence-electron chi connectivity index (χ0n) is 17.0. The van der Waals surface area contributed by atoms with Gasteiger partial charge in [-0.15, -0.1) is 0 Å². The Hall–Kier alpha value is -3.36. The third-order valence-corrected chi connectivity index (χ3v) is 5.05. The lowest BCUT2D eigenvalue weighted by Gasteiger charge is -2.31. The highest BCUT2D eigenvalue weighted by Crippen LogP contribution is 2.31. The number of aromatic nitrogens is 3. The zero-order valence-corrected chi connectivity index (χ0v) is 17.0. The summed E-state index contributed by atoms with van der Waals surface area (Å²) in [6.07, 6.45) is 6.89. The van der Waals surface area contributed by atoms with Crippen molar-refractivity contribution in [2.24, 2.45) is 0 Å². The van der Waals surface area contributed by atoms with E-state index in [1.54, 1.807) is 30.9 Å². The molecule has 1 aliphatic heterocycles. The first kappa shape index (κ1) is 19.9. The number of anilines is 4. The summed E-state index contributed by atoms with van der Waals surface area (Å²) in [6.45, 7) is 4.24. The Bertz CT molecular complexity index is 903. The molecule has 0 atom stereocenters. The molecule has 1 aromatic carbocycles. The SMILES string of the molecule is CN1CCN(CC(=O)Nc2ccc(N(c3ccncc3)c3ncccn3)cc2)CC1. The van der Waals surface area contributed by atoms with Crippen LogP contribution in [0.5, 0.6) is 0 Å². The number of carbonyl (C=O) groups is 1. The lowest BCUT2D eigenvalue weighted by Crippen LogP contribution is -2.47. The molecule has 8 nitrogen and oxygen atoms in total. The summed E-state index contributed by atoms with van der Waals surface area (Å²) in [5.74, 6) is 0.570. The van der Waals surface area contributed by atoms with E-state index in [0.717, 1.165) is 43.2 Å². The van der Waals surface area contributed by atoms with Gasteiger partial charge in [0.1, 0.15) is 0 Å². The van der Waals surface area contributed by atoms with Gasteiger partial charge in [-0.3, -0.25) is 19.6 Å². The molecule has 0 spiro atoms. The van der Waals surface area contributed by atoms with Crippen LogP contribution in [0, 0.1) is 0 Å². The number of amides is 1. The molecule has 1 amide bonds. The van der Waals surface area contributed by atoms with Crippen molar-refractivity contribution in [1.82, 2.24) is 24.8 Å². The van der Waals surface area contributed by atoms with Gasteiger partial charge in [-0.25, -0.2) is 9.97 Å². The van der Waals surface area contributed by atoms with E-state index in [2.05, 4.69) is 37.1 Å². The van der Waals surface area contributed by atoms with Crippen molar-refractivity contribution in [2.75, 3.05) is 50.0 Å². The maximum absolute atomic E-state index is 12.4. The number of carbonyl (C=O) groups excluding carboxylic acids is 1. The number of nitrogens with one attached hydrogen (secondary N) is 1. The Labute approximate surface area is 176 Å². The molecule has 0 unspecified atom stereocenters. The van der Waals surface area contributed by atoms with Gasteiger partial charge in [0.25, 0.3) is 0 Å². The van der Waals surface area contributed by atoms with E-state index >= 15 is 0 Å². The molecule has 30 heavy (non-hydrogen) atoms. The minimum Gasteiger partial charge on any atom is -0.325 e. The molecule has 1 saturated heterocycles. The number of rotatable bonds is 6. The fourth-order valence-electron chi connectivity index (χ4n) is 3.38. The van der Waals surface area contributed by atoms with E-state index < -0.39 is 0 Å². The minimum atomic E-state index is 0.00434. The van der Waals surface area contributed by atoms with Crippen LogP contribution in [0.2, 0.25) is 0 Å². The highest BCUT2D eigenvalue weighted by Gasteiger charge is 2.17. The van der Waals surface area contributed by atoms with Crippen molar-refractivity contribution < 1.29 is 4.79 Å². The van der Waals surface area contributed by atoms with Crippen LogP contribution in [-0.4, -0.2) is 70.4 Å². The van der Waals surface area contributed by atoms with E-state index in [4.69, 9.17) is 0 Å². The Morgan fingerprint density at radius 1 is 0.933 bits per heavy atom. The smallest absolute Gasteiger partial charge is 0.238 e. The van der Waals surface area contributed by atoms with Gasteiger partial charge in [-0.1, -0.05) is 0 Å². The largest absolute Gasteiger partial charge is 0.325 e. The van der Waals surface area contributed by atoms with Gasteiger partial charge >= 0.3 is 0 Å². The normalized spacial score (nSPS) is 15.0. The first-order valence-corrected chi connectivity index (χ1v) is 9.97. The van der Waals surface area contributed by atoms with Crippen LogP contribution in [0.25, 0.3) is 0 Å². The van der Waals surface area contributed by atoms with Crippen LogP contribution in [-0.2, 0) is 4.79 Å².